The van der Waals surface area contributed by atoms with Crippen molar-refractivity contribution in [3.8, 4) is 5.75 Å². The van der Waals surface area contributed by atoms with Gasteiger partial charge in [-0.3, -0.25) is 9.59 Å². The van der Waals surface area contributed by atoms with Crippen molar-refractivity contribution in [3.63, 3.8) is 0 Å². The number of carbonyl (C=O) groups excluding carboxylic acids is 2. The molecule has 0 saturated carbocycles. The maximum atomic E-state index is 11.4. The number of Topliss-reactive ketones (excluding diaryl/α,β-unsaturated/α-hetero) is 1. The predicted molar refractivity (Wildman–Crippen MR) is 59.5 cm³/mol. The van der Waals surface area contributed by atoms with Crippen LogP contribution in [0.25, 0.3) is 0 Å². The highest BCUT2D eigenvalue weighted by molar-refractivity contribution is 5.96. The third-order valence-corrected chi connectivity index (χ3v) is 2.21. The van der Waals surface area contributed by atoms with E-state index < -0.39 is 0 Å². The Morgan fingerprint density at radius 2 is 2.06 bits per heavy atom. The molecule has 1 aromatic heterocycles. The molecule has 1 heterocycles. The molecule has 0 saturated heterocycles. The fraction of sp³-hybridized carbons (Fsp3) is 0.417. The first-order chi connectivity index (χ1) is 7.60. The number of ether oxygens (including phenoxy) is 1. The first-order valence-electron chi connectivity index (χ1n) is 5.29. The molecule has 0 aromatic carbocycles. The molecule has 16 heavy (non-hydrogen) atoms. The molecule has 0 fully saturated rings. The van der Waals surface area contributed by atoms with Crippen LogP contribution in [0.15, 0.2) is 12.3 Å². The number of hydrogen-bond donors (Lipinski definition) is 0. The molecule has 4 heteroatoms. The second-order valence-corrected chi connectivity index (χ2v) is 3.39. The first-order valence-corrected chi connectivity index (χ1v) is 5.29. The highest BCUT2D eigenvalue weighted by Gasteiger charge is 2.16. The highest BCUT2D eigenvalue weighted by atomic mass is 16.5. The largest absolute Gasteiger partial charge is 0.424 e. The van der Waals surface area contributed by atoms with Crippen LogP contribution in [0.2, 0.25) is 0 Å². The molecule has 4 nitrogen and oxygen atoms in total. The van der Waals surface area contributed by atoms with Gasteiger partial charge >= 0.3 is 5.97 Å². The summed E-state index contributed by atoms with van der Waals surface area (Å²) in [6.45, 7) is 5.05. The summed E-state index contributed by atoms with van der Waals surface area (Å²) < 4.78 is 5.16. The van der Waals surface area contributed by atoms with Gasteiger partial charge in [-0.05, 0) is 18.1 Å². The summed E-state index contributed by atoms with van der Waals surface area (Å²) in [5, 5.41) is 0. The molecule has 1 rings (SSSR count). The fourth-order valence-electron chi connectivity index (χ4n) is 1.32. The van der Waals surface area contributed by atoms with E-state index in [9.17, 15) is 9.59 Å². The molecule has 0 amide bonds. The van der Waals surface area contributed by atoms with Gasteiger partial charge in [-0.15, -0.1) is 0 Å². The Balaban J connectivity index is 3.19. The average molecular weight is 221 g/mol. The molecule has 0 aliphatic heterocycles. The minimum Gasteiger partial charge on any atom is -0.424 e. The molecule has 0 bridgehead atoms. The lowest BCUT2D eigenvalue weighted by molar-refractivity contribution is -0.134. The summed E-state index contributed by atoms with van der Waals surface area (Å²) in [5.41, 5.74) is 1.04. The van der Waals surface area contributed by atoms with E-state index in [-0.39, 0.29) is 23.9 Å². The van der Waals surface area contributed by atoms with Gasteiger partial charge in [0.2, 0.25) is 0 Å². The number of aryl methyl sites for hydroxylation is 1. The molecular formula is C12H15NO3. The van der Waals surface area contributed by atoms with E-state index in [4.69, 9.17) is 4.74 Å². The molecule has 0 radical (unpaired) electrons. The van der Waals surface area contributed by atoms with E-state index in [2.05, 4.69) is 4.98 Å². The number of nitrogens with zero attached hydrogens (tertiary/aromatic N) is 1. The second kappa shape index (κ2) is 5.39. The third-order valence-electron chi connectivity index (χ3n) is 2.21. The van der Waals surface area contributed by atoms with Crippen LogP contribution < -0.4 is 4.74 Å². The minimum atomic E-state index is -0.356. The summed E-state index contributed by atoms with van der Waals surface area (Å²) in [7, 11) is 0. The van der Waals surface area contributed by atoms with Gasteiger partial charge in [0.1, 0.15) is 5.69 Å². The van der Waals surface area contributed by atoms with Crippen LogP contribution in [0.5, 0.6) is 5.75 Å². The lowest BCUT2D eigenvalue weighted by Gasteiger charge is -2.10. The van der Waals surface area contributed by atoms with Crippen molar-refractivity contribution in [2.75, 3.05) is 0 Å². The molecule has 0 aliphatic rings. The maximum absolute atomic E-state index is 11.4. The number of rotatable bonds is 4. The van der Waals surface area contributed by atoms with E-state index in [1.165, 1.54) is 6.92 Å². The number of pyridine rings is 1. The quantitative estimate of drug-likeness (QED) is 0.577. The summed E-state index contributed by atoms with van der Waals surface area (Å²) in [4.78, 5) is 26.6. The summed E-state index contributed by atoms with van der Waals surface area (Å²) >= 11 is 0. The number of carbonyl (C=O) groups is 2. The van der Waals surface area contributed by atoms with E-state index >= 15 is 0 Å². The molecule has 0 N–H and O–H groups in total. The van der Waals surface area contributed by atoms with Gasteiger partial charge in [-0.25, -0.2) is 4.98 Å². The number of ketones is 1. The monoisotopic (exact) mass is 221 g/mol. The van der Waals surface area contributed by atoms with E-state index in [1.807, 2.05) is 6.92 Å². The normalized spacial score (nSPS) is 9.94. The lowest BCUT2D eigenvalue weighted by atomic mass is 10.1. The summed E-state index contributed by atoms with van der Waals surface area (Å²) in [5.74, 6) is -0.247. The maximum Gasteiger partial charge on any atom is 0.310 e. The fourth-order valence-corrected chi connectivity index (χ4v) is 1.32. The Kier molecular flexibility index (Phi) is 4.17. The van der Waals surface area contributed by atoms with Gasteiger partial charge in [0.05, 0.1) is 0 Å². The topological polar surface area (TPSA) is 56.3 Å². The Hall–Kier alpha value is -1.71. The van der Waals surface area contributed by atoms with Gasteiger partial charge in [0, 0.05) is 19.5 Å². The minimum absolute atomic E-state index is 0.200. The van der Waals surface area contributed by atoms with E-state index in [0.29, 0.717) is 12.2 Å². The second-order valence-electron chi connectivity index (χ2n) is 3.39. The van der Waals surface area contributed by atoms with Crippen LogP contribution in [-0.2, 0) is 11.2 Å². The summed E-state index contributed by atoms with van der Waals surface area (Å²) in [6, 6.07) is 1.75. The molecule has 1 aromatic rings. The standard InChI is InChI=1S/C12H15NO3/c1-4-9-6-7-13-11(8(3)14)12(9)16-10(15)5-2/h6-7H,4-5H2,1-3H3. The number of aromatic nitrogens is 1. The Bertz CT molecular complexity index is 413. The van der Waals surface area contributed by atoms with Crippen molar-refractivity contribution in [2.24, 2.45) is 0 Å². The zero-order chi connectivity index (χ0) is 12.1. The lowest BCUT2D eigenvalue weighted by Crippen LogP contribution is -2.12. The number of hydrogen-bond acceptors (Lipinski definition) is 4. The van der Waals surface area contributed by atoms with E-state index in [0.717, 1.165) is 5.56 Å². The zero-order valence-corrected chi connectivity index (χ0v) is 9.74. The van der Waals surface area contributed by atoms with Gasteiger partial charge in [-0.1, -0.05) is 13.8 Å². The van der Waals surface area contributed by atoms with Crippen LogP contribution >= 0.6 is 0 Å². The van der Waals surface area contributed by atoms with Gasteiger partial charge in [0.25, 0.3) is 0 Å². The molecule has 0 atom stereocenters. The third kappa shape index (κ3) is 2.66. The Morgan fingerprint density at radius 1 is 1.38 bits per heavy atom. The Morgan fingerprint density at radius 3 is 2.56 bits per heavy atom. The molecular weight excluding hydrogens is 206 g/mol. The van der Waals surface area contributed by atoms with Crippen LogP contribution in [0.4, 0.5) is 0 Å². The molecule has 0 unspecified atom stereocenters. The van der Waals surface area contributed by atoms with Crippen molar-refractivity contribution < 1.29 is 14.3 Å². The number of esters is 1. The van der Waals surface area contributed by atoms with Crippen molar-refractivity contribution in [1.82, 2.24) is 4.98 Å². The van der Waals surface area contributed by atoms with Crippen molar-refractivity contribution >= 4 is 11.8 Å². The van der Waals surface area contributed by atoms with Crippen molar-refractivity contribution in [1.29, 1.82) is 0 Å². The van der Waals surface area contributed by atoms with Gasteiger partial charge in [0.15, 0.2) is 11.5 Å². The van der Waals surface area contributed by atoms with Gasteiger partial charge in [-0.2, -0.15) is 0 Å². The molecule has 0 spiro atoms. The average Bonchev–Trinajstić information content (AvgIpc) is 2.28. The van der Waals surface area contributed by atoms with Crippen LogP contribution in [0.1, 0.15) is 43.2 Å². The van der Waals surface area contributed by atoms with Crippen LogP contribution in [-0.4, -0.2) is 16.7 Å². The van der Waals surface area contributed by atoms with Crippen LogP contribution in [0, 0.1) is 0 Å². The smallest absolute Gasteiger partial charge is 0.310 e. The molecule has 86 valence electrons. The van der Waals surface area contributed by atoms with Crippen LogP contribution in [0.3, 0.4) is 0 Å². The SMILES string of the molecule is CCC(=O)Oc1c(CC)ccnc1C(C)=O. The predicted octanol–water partition coefficient (Wildman–Crippen LogP) is 2.16. The zero-order valence-electron chi connectivity index (χ0n) is 9.74. The first kappa shape index (κ1) is 12.4. The van der Waals surface area contributed by atoms with Crippen molar-refractivity contribution in [3.05, 3.63) is 23.5 Å². The molecule has 0 aliphatic carbocycles. The van der Waals surface area contributed by atoms with Crippen molar-refractivity contribution in [2.45, 2.75) is 33.6 Å². The van der Waals surface area contributed by atoms with Gasteiger partial charge < -0.3 is 4.74 Å². The highest BCUT2D eigenvalue weighted by Crippen LogP contribution is 2.23. The Labute approximate surface area is 94.6 Å². The van der Waals surface area contributed by atoms with E-state index in [1.54, 1.807) is 19.2 Å². The summed E-state index contributed by atoms with van der Waals surface area (Å²) in [6.07, 6.45) is 2.52.